The van der Waals surface area contributed by atoms with E-state index in [1.807, 2.05) is 30.3 Å². The van der Waals surface area contributed by atoms with Crippen LogP contribution < -0.4 is 0 Å². The third kappa shape index (κ3) is 3.48. The molecule has 1 aromatic rings. The SMILES string of the molecule is O=C(O)C1CN(C(=O)OCc2ccccc2)CCC1O. The molecule has 2 rings (SSSR count). The van der Waals surface area contributed by atoms with E-state index in [9.17, 15) is 14.7 Å². The molecule has 1 aromatic carbocycles. The van der Waals surface area contributed by atoms with Crippen molar-refractivity contribution in [2.75, 3.05) is 13.1 Å². The molecule has 108 valence electrons. The molecule has 2 unspecified atom stereocenters. The lowest BCUT2D eigenvalue weighted by molar-refractivity contribution is -0.148. The molecule has 0 aromatic heterocycles. The molecule has 0 radical (unpaired) electrons. The Kier molecular flexibility index (Phi) is 4.57. The van der Waals surface area contributed by atoms with Gasteiger partial charge >= 0.3 is 12.1 Å². The molecule has 6 heteroatoms. The van der Waals surface area contributed by atoms with Gasteiger partial charge in [-0.2, -0.15) is 0 Å². The molecule has 2 atom stereocenters. The third-order valence-electron chi connectivity index (χ3n) is 3.36. The van der Waals surface area contributed by atoms with Crippen LogP contribution in [0.5, 0.6) is 0 Å². The van der Waals surface area contributed by atoms with Crippen molar-refractivity contribution in [3.8, 4) is 0 Å². The average molecular weight is 279 g/mol. The number of amides is 1. The zero-order valence-corrected chi connectivity index (χ0v) is 10.9. The summed E-state index contributed by atoms with van der Waals surface area (Å²) in [7, 11) is 0. The molecule has 6 nitrogen and oxygen atoms in total. The number of carboxylic acids is 1. The summed E-state index contributed by atoms with van der Waals surface area (Å²) in [4.78, 5) is 24.2. The summed E-state index contributed by atoms with van der Waals surface area (Å²) in [5.74, 6) is -2.05. The second-order valence-electron chi connectivity index (χ2n) is 4.79. The highest BCUT2D eigenvalue weighted by atomic mass is 16.6. The second kappa shape index (κ2) is 6.38. The number of aliphatic carboxylic acids is 1. The van der Waals surface area contributed by atoms with Crippen LogP contribution in [0.15, 0.2) is 30.3 Å². The molecule has 0 saturated carbocycles. The Balaban J connectivity index is 1.88. The van der Waals surface area contributed by atoms with Crippen LogP contribution in [0.2, 0.25) is 0 Å². The van der Waals surface area contributed by atoms with Crippen molar-refractivity contribution in [2.24, 2.45) is 5.92 Å². The molecule has 1 fully saturated rings. The number of aliphatic hydroxyl groups is 1. The lowest BCUT2D eigenvalue weighted by Crippen LogP contribution is -2.48. The standard InChI is InChI=1S/C14H17NO5/c16-12-6-7-15(8-11(12)13(17)18)14(19)20-9-10-4-2-1-3-5-10/h1-5,11-12,16H,6-9H2,(H,17,18). The summed E-state index contributed by atoms with van der Waals surface area (Å²) < 4.78 is 5.14. The number of rotatable bonds is 3. The highest BCUT2D eigenvalue weighted by Crippen LogP contribution is 2.18. The van der Waals surface area contributed by atoms with Crippen LogP contribution >= 0.6 is 0 Å². The summed E-state index contributed by atoms with van der Waals surface area (Å²) in [5.41, 5.74) is 0.868. The van der Waals surface area contributed by atoms with Crippen LogP contribution in [0.3, 0.4) is 0 Å². The first-order valence-corrected chi connectivity index (χ1v) is 6.44. The van der Waals surface area contributed by atoms with Gasteiger partial charge in [-0.15, -0.1) is 0 Å². The van der Waals surface area contributed by atoms with Gasteiger partial charge in [0, 0.05) is 13.1 Å². The van der Waals surface area contributed by atoms with E-state index in [2.05, 4.69) is 0 Å². The van der Waals surface area contributed by atoms with Crippen molar-refractivity contribution in [1.82, 2.24) is 4.90 Å². The van der Waals surface area contributed by atoms with Gasteiger partial charge in [-0.05, 0) is 12.0 Å². The molecule has 0 bridgehead atoms. The summed E-state index contributed by atoms with van der Waals surface area (Å²) in [6.07, 6.45) is -1.21. The first-order valence-electron chi connectivity index (χ1n) is 6.44. The van der Waals surface area contributed by atoms with Crippen LogP contribution in [0.1, 0.15) is 12.0 Å². The van der Waals surface area contributed by atoms with Crippen LogP contribution in [0, 0.1) is 5.92 Å². The summed E-state index contributed by atoms with van der Waals surface area (Å²) in [5, 5.41) is 18.6. The molecule has 1 amide bonds. The van der Waals surface area contributed by atoms with E-state index in [0.29, 0.717) is 6.54 Å². The van der Waals surface area contributed by atoms with Gasteiger partial charge in [-0.1, -0.05) is 30.3 Å². The van der Waals surface area contributed by atoms with Crippen LogP contribution in [-0.2, 0) is 16.1 Å². The maximum atomic E-state index is 11.9. The number of likely N-dealkylation sites (tertiary alicyclic amines) is 1. The molecule has 1 aliphatic rings. The Bertz CT molecular complexity index is 476. The summed E-state index contributed by atoms with van der Waals surface area (Å²) >= 11 is 0. The zero-order chi connectivity index (χ0) is 14.5. The van der Waals surface area contributed by atoms with Crippen molar-refractivity contribution in [3.05, 3.63) is 35.9 Å². The number of nitrogens with zero attached hydrogens (tertiary/aromatic N) is 1. The number of benzene rings is 1. The van der Waals surface area contributed by atoms with Gasteiger partial charge in [0.2, 0.25) is 0 Å². The monoisotopic (exact) mass is 279 g/mol. The highest BCUT2D eigenvalue weighted by molar-refractivity contribution is 5.73. The Morgan fingerprint density at radius 1 is 1.30 bits per heavy atom. The smallest absolute Gasteiger partial charge is 0.410 e. The fourth-order valence-electron chi connectivity index (χ4n) is 2.16. The highest BCUT2D eigenvalue weighted by Gasteiger charge is 2.35. The van der Waals surface area contributed by atoms with E-state index in [4.69, 9.17) is 9.84 Å². The number of ether oxygens (including phenoxy) is 1. The molecular formula is C14H17NO5. The summed E-state index contributed by atoms with van der Waals surface area (Å²) in [6.45, 7) is 0.430. The first-order chi connectivity index (χ1) is 9.58. The maximum Gasteiger partial charge on any atom is 0.410 e. The molecule has 0 spiro atoms. The lowest BCUT2D eigenvalue weighted by Gasteiger charge is -2.33. The van der Waals surface area contributed by atoms with Gasteiger partial charge in [0.05, 0.1) is 6.10 Å². The third-order valence-corrected chi connectivity index (χ3v) is 3.36. The number of hydrogen-bond acceptors (Lipinski definition) is 4. The average Bonchev–Trinajstić information content (AvgIpc) is 2.46. The van der Waals surface area contributed by atoms with Gasteiger partial charge in [-0.3, -0.25) is 4.79 Å². The van der Waals surface area contributed by atoms with Crippen molar-refractivity contribution >= 4 is 12.1 Å². The number of carbonyl (C=O) groups excluding carboxylic acids is 1. The molecule has 1 saturated heterocycles. The second-order valence-corrected chi connectivity index (χ2v) is 4.79. The van der Waals surface area contributed by atoms with Gasteiger partial charge in [0.15, 0.2) is 0 Å². The van der Waals surface area contributed by atoms with Crippen molar-refractivity contribution in [3.63, 3.8) is 0 Å². The first kappa shape index (κ1) is 14.3. The minimum atomic E-state index is -1.10. The van der Waals surface area contributed by atoms with Crippen molar-refractivity contribution in [2.45, 2.75) is 19.1 Å². The minimum absolute atomic E-state index is 0.0237. The van der Waals surface area contributed by atoms with E-state index >= 15 is 0 Å². The fourth-order valence-corrected chi connectivity index (χ4v) is 2.16. The molecule has 1 aliphatic heterocycles. The van der Waals surface area contributed by atoms with E-state index in [0.717, 1.165) is 5.56 Å². The molecule has 1 heterocycles. The van der Waals surface area contributed by atoms with E-state index in [1.54, 1.807) is 0 Å². The number of carbonyl (C=O) groups is 2. The molecule has 0 aliphatic carbocycles. The van der Waals surface area contributed by atoms with E-state index < -0.39 is 24.1 Å². The predicted octanol–water partition coefficient (Wildman–Crippen LogP) is 1.09. The van der Waals surface area contributed by atoms with Gasteiger partial charge in [-0.25, -0.2) is 4.79 Å². The van der Waals surface area contributed by atoms with Gasteiger partial charge in [0.1, 0.15) is 12.5 Å². The Morgan fingerprint density at radius 2 is 2.00 bits per heavy atom. The number of piperidine rings is 1. The minimum Gasteiger partial charge on any atom is -0.481 e. The quantitative estimate of drug-likeness (QED) is 0.865. The Hall–Kier alpha value is -2.08. The number of aliphatic hydroxyl groups excluding tert-OH is 1. The fraction of sp³-hybridized carbons (Fsp3) is 0.429. The van der Waals surface area contributed by atoms with Crippen molar-refractivity contribution < 1.29 is 24.5 Å². The van der Waals surface area contributed by atoms with Gasteiger partial charge in [0.25, 0.3) is 0 Å². The maximum absolute atomic E-state index is 11.9. The molecule has 20 heavy (non-hydrogen) atoms. The van der Waals surface area contributed by atoms with E-state index in [1.165, 1.54) is 4.90 Å². The molecular weight excluding hydrogens is 262 g/mol. The largest absolute Gasteiger partial charge is 0.481 e. The summed E-state index contributed by atoms with van der Waals surface area (Å²) in [6, 6.07) is 9.25. The number of carboxylic acid groups (broad SMARTS) is 1. The predicted molar refractivity (Wildman–Crippen MR) is 69.9 cm³/mol. The normalized spacial score (nSPS) is 22.4. The van der Waals surface area contributed by atoms with Crippen LogP contribution in [-0.4, -0.2) is 46.4 Å². The lowest BCUT2D eigenvalue weighted by atomic mass is 9.95. The van der Waals surface area contributed by atoms with Crippen molar-refractivity contribution in [1.29, 1.82) is 0 Å². The van der Waals surface area contributed by atoms with Gasteiger partial charge < -0.3 is 19.8 Å². The Labute approximate surface area is 116 Å². The van der Waals surface area contributed by atoms with Crippen LogP contribution in [0.4, 0.5) is 4.79 Å². The topological polar surface area (TPSA) is 87.1 Å². The van der Waals surface area contributed by atoms with Crippen LogP contribution in [0.25, 0.3) is 0 Å². The Morgan fingerprint density at radius 3 is 2.65 bits per heavy atom. The number of hydrogen-bond donors (Lipinski definition) is 2. The zero-order valence-electron chi connectivity index (χ0n) is 10.9. The molecule has 2 N–H and O–H groups in total. The van der Waals surface area contributed by atoms with E-state index in [-0.39, 0.29) is 19.6 Å².